The minimum atomic E-state index is -1.00. The highest BCUT2D eigenvalue weighted by Gasteiger charge is 2.12. The van der Waals surface area contributed by atoms with Crippen molar-refractivity contribution < 1.29 is 9.90 Å². The van der Waals surface area contributed by atoms with E-state index in [4.69, 9.17) is 5.73 Å². The third-order valence-electron chi connectivity index (χ3n) is 3.13. The van der Waals surface area contributed by atoms with E-state index in [2.05, 4.69) is 17.2 Å². The van der Waals surface area contributed by atoms with Gasteiger partial charge in [-0.15, -0.1) is 0 Å². The predicted molar refractivity (Wildman–Crippen MR) is 78.8 cm³/mol. The minimum absolute atomic E-state index is 0.166. The van der Waals surface area contributed by atoms with Gasteiger partial charge in [0.2, 0.25) is 0 Å². The molecule has 1 aromatic heterocycles. The molecule has 0 radical (unpaired) electrons. The molecule has 20 heavy (non-hydrogen) atoms. The third-order valence-corrected chi connectivity index (χ3v) is 3.13. The fraction of sp³-hybridized carbons (Fsp3) is 0.200. The maximum Gasteiger partial charge on any atom is 0.337 e. The topological polar surface area (TPSA) is 88.2 Å². The molecule has 0 aliphatic heterocycles. The molecule has 2 aromatic rings. The summed E-state index contributed by atoms with van der Waals surface area (Å²) in [6, 6.07) is 8.73. The average Bonchev–Trinajstić information content (AvgIpc) is 2.46. The highest BCUT2D eigenvalue weighted by molar-refractivity contribution is 5.97. The van der Waals surface area contributed by atoms with Crippen LogP contribution in [-0.2, 0) is 13.0 Å². The van der Waals surface area contributed by atoms with E-state index < -0.39 is 5.97 Å². The van der Waals surface area contributed by atoms with Gasteiger partial charge >= 0.3 is 5.97 Å². The molecule has 0 saturated heterocycles. The van der Waals surface area contributed by atoms with Gasteiger partial charge in [-0.05, 0) is 30.2 Å². The number of benzene rings is 1. The lowest BCUT2D eigenvalue weighted by Gasteiger charge is -2.13. The summed E-state index contributed by atoms with van der Waals surface area (Å²) in [7, 11) is 0. The van der Waals surface area contributed by atoms with Crippen LogP contribution in [-0.4, -0.2) is 16.1 Å². The van der Waals surface area contributed by atoms with Crippen LogP contribution in [0.25, 0.3) is 0 Å². The summed E-state index contributed by atoms with van der Waals surface area (Å²) in [5, 5.41) is 12.3. The van der Waals surface area contributed by atoms with Crippen LogP contribution in [0, 0.1) is 0 Å². The number of hydrogen-bond acceptors (Lipinski definition) is 4. The number of carbonyl (C=O) groups is 1. The van der Waals surface area contributed by atoms with Crippen molar-refractivity contribution in [1.82, 2.24) is 4.98 Å². The molecule has 2 rings (SSSR count). The number of nitrogen functional groups attached to an aromatic ring is 1. The van der Waals surface area contributed by atoms with Crippen molar-refractivity contribution in [3.05, 3.63) is 53.3 Å². The number of aromatic nitrogens is 1. The number of nitrogens with zero attached hydrogens (tertiary/aromatic N) is 1. The number of aromatic carboxylic acids is 1. The number of pyridine rings is 1. The normalized spacial score (nSPS) is 10.2. The Labute approximate surface area is 117 Å². The number of rotatable bonds is 5. The Morgan fingerprint density at radius 2 is 2.15 bits per heavy atom. The first-order chi connectivity index (χ1) is 9.63. The molecule has 5 nitrogen and oxygen atoms in total. The fourth-order valence-corrected chi connectivity index (χ4v) is 2.07. The molecule has 0 amide bonds. The average molecular weight is 271 g/mol. The number of carboxylic acids is 1. The molecule has 4 N–H and O–H groups in total. The molecule has 0 saturated carbocycles. The molecule has 0 bridgehead atoms. The molecule has 0 unspecified atom stereocenters. The zero-order chi connectivity index (χ0) is 14.5. The van der Waals surface area contributed by atoms with Gasteiger partial charge in [0.25, 0.3) is 0 Å². The Morgan fingerprint density at radius 1 is 1.35 bits per heavy atom. The summed E-state index contributed by atoms with van der Waals surface area (Å²) in [6.45, 7) is 2.50. The second-order valence-electron chi connectivity index (χ2n) is 4.39. The molecule has 1 aromatic carbocycles. The molecule has 0 spiro atoms. The van der Waals surface area contributed by atoms with E-state index in [1.807, 2.05) is 12.1 Å². The first kappa shape index (κ1) is 13.9. The zero-order valence-corrected chi connectivity index (χ0v) is 11.3. The van der Waals surface area contributed by atoms with E-state index in [1.54, 1.807) is 18.3 Å². The summed E-state index contributed by atoms with van der Waals surface area (Å²) >= 11 is 0. The third kappa shape index (κ3) is 2.88. The van der Waals surface area contributed by atoms with Crippen LogP contribution in [0.5, 0.6) is 0 Å². The maximum absolute atomic E-state index is 11.2. The number of hydrogen-bond donors (Lipinski definition) is 3. The first-order valence-corrected chi connectivity index (χ1v) is 6.42. The number of anilines is 2. The van der Waals surface area contributed by atoms with Crippen LogP contribution in [0.3, 0.4) is 0 Å². The lowest BCUT2D eigenvalue weighted by Crippen LogP contribution is -2.10. The summed E-state index contributed by atoms with van der Waals surface area (Å²) in [4.78, 5) is 15.5. The molecule has 0 atom stereocenters. The molecule has 5 heteroatoms. The van der Waals surface area contributed by atoms with Crippen molar-refractivity contribution >= 4 is 17.3 Å². The van der Waals surface area contributed by atoms with Gasteiger partial charge in [0.05, 0.1) is 29.2 Å². The Hall–Kier alpha value is -2.56. The van der Waals surface area contributed by atoms with Gasteiger partial charge in [-0.1, -0.05) is 19.1 Å². The highest BCUT2D eigenvalue weighted by Crippen LogP contribution is 2.24. The molecule has 0 aliphatic carbocycles. The van der Waals surface area contributed by atoms with Crippen LogP contribution >= 0.6 is 0 Å². The first-order valence-electron chi connectivity index (χ1n) is 6.42. The monoisotopic (exact) mass is 271 g/mol. The summed E-state index contributed by atoms with van der Waals surface area (Å²) < 4.78 is 0. The van der Waals surface area contributed by atoms with Gasteiger partial charge in [0.15, 0.2) is 0 Å². The van der Waals surface area contributed by atoms with E-state index in [0.717, 1.165) is 17.7 Å². The molecule has 1 heterocycles. The Kier molecular flexibility index (Phi) is 4.20. The molecule has 104 valence electrons. The Balaban J connectivity index is 2.25. The van der Waals surface area contributed by atoms with Gasteiger partial charge in [0.1, 0.15) is 0 Å². The van der Waals surface area contributed by atoms with E-state index in [0.29, 0.717) is 17.9 Å². The molecule has 0 aliphatic rings. The van der Waals surface area contributed by atoms with Gasteiger partial charge in [-0.2, -0.15) is 0 Å². The van der Waals surface area contributed by atoms with Gasteiger partial charge < -0.3 is 16.2 Å². The lowest BCUT2D eigenvalue weighted by atomic mass is 10.1. The highest BCUT2D eigenvalue weighted by atomic mass is 16.4. The lowest BCUT2D eigenvalue weighted by molar-refractivity contribution is 0.0698. The van der Waals surface area contributed by atoms with Crippen molar-refractivity contribution in [3.8, 4) is 0 Å². The van der Waals surface area contributed by atoms with Crippen LogP contribution in [0.15, 0.2) is 36.5 Å². The van der Waals surface area contributed by atoms with Crippen molar-refractivity contribution in [2.24, 2.45) is 0 Å². The second-order valence-corrected chi connectivity index (χ2v) is 4.39. The number of aryl methyl sites for hydroxylation is 1. The fourth-order valence-electron chi connectivity index (χ4n) is 2.07. The smallest absolute Gasteiger partial charge is 0.337 e. The molecular formula is C15H17N3O2. The quantitative estimate of drug-likeness (QED) is 0.727. The predicted octanol–water partition coefficient (Wildman–Crippen LogP) is 2.54. The van der Waals surface area contributed by atoms with Gasteiger partial charge in [-0.25, -0.2) is 4.79 Å². The van der Waals surface area contributed by atoms with Gasteiger partial charge in [0, 0.05) is 6.20 Å². The standard InChI is InChI=1S/C15H17N3O2/c1-2-10-5-4-8-17-13(10)9-18-14-11(15(19)20)6-3-7-12(14)16/h3-8,18H,2,9,16H2,1H3,(H,19,20). The van der Waals surface area contributed by atoms with Gasteiger partial charge in [-0.3, -0.25) is 4.98 Å². The zero-order valence-electron chi connectivity index (χ0n) is 11.3. The molecular weight excluding hydrogens is 254 g/mol. The maximum atomic E-state index is 11.2. The summed E-state index contributed by atoms with van der Waals surface area (Å²) in [6.07, 6.45) is 2.60. The largest absolute Gasteiger partial charge is 0.478 e. The van der Waals surface area contributed by atoms with Crippen molar-refractivity contribution in [3.63, 3.8) is 0 Å². The van der Waals surface area contributed by atoms with Crippen molar-refractivity contribution in [2.75, 3.05) is 11.1 Å². The van der Waals surface area contributed by atoms with Crippen LogP contribution < -0.4 is 11.1 Å². The summed E-state index contributed by atoms with van der Waals surface area (Å²) in [5.41, 5.74) is 8.90. The Morgan fingerprint density at radius 3 is 2.85 bits per heavy atom. The van der Waals surface area contributed by atoms with Crippen LogP contribution in [0.1, 0.15) is 28.5 Å². The molecule has 0 fully saturated rings. The van der Waals surface area contributed by atoms with E-state index in [1.165, 1.54) is 6.07 Å². The van der Waals surface area contributed by atoms with E-state index in [9.17, 15) is 9.90 Å². The minimum Gasteiger partial charge on any atom is -0.478 e. The SMILES string of the molecule is CCc1cccnc1CNc1c(N)cccc1C(=O)O. The van der Waals surface area contributed by atoms with E-state index in [-0.39, 0.29) is 5.56 Å². The second kappa shape index (κ2) is 6.06. The Bertz CT molecular complexity index is 626. The van der Waals surface area contributed by atoms with Crippen molar-refractivity contribution in [2.45, 2.75) is 19.9 Å². The number of nitrogens with one attached hydrogen (secondary N) is 1. The number of nitrogens with two attached hydrogens (primary N) is 1. The van der Waals surface area contributed by atoms with E-state index >= 15 is 0 Å². The number of carboxylic acid groups (broad SMARTS) is 1. The number of para-hydroxylation sites is 1. The summed E-state index contributed by atoms with van der Waals surface area (Å²) in [5.74, 6) is -1.00. The van der Waals surface area contributed by atoms with Crippen LogP contribution in [0.2, 0.25) is 0 Å². The van der Waals surface area contributed by atoms with Crippen LogP contribution in [0.4, 0.5) is 11.4 Å². The van der Waals surface area contributed by atoms with Crippen molar-refractivity contribution in [1.29, 1.82) is 0 Å².